The molecule has 0 radical (unpaired) electrons. The predicted molar refractivity (Wildman–Crippen MR) is 119 cm³/mol. The number of aryl methyl sites for hydroxylation is 2. The van der Waals surface area contributed by atoms with Crippen molar-refractivity contribution >= 4 is 39.9 Å². The van der Waals surface area contributed by atoms with E-state index >= 15 is 0 Å². The summed E-state index contributed by atoms with van der Waals surface area (Å²) in [6, 6.07) is 16.5. The van der Waals surface area contributed by atoms with E-state index in [0.717, 1.165) is 22.2 Å². The van der Waals surface area contributed by atoms with Gasteiger partial charge in [0.05, 0.1) is 16.1 Å². The highest BCUT2D eigenvalue weighted by Crippen LogP contribution is 2.40. The summed E-state index contributed by atoms with van der Waals surface area (Å²) >= 11 is 12.8. The number of hydrogen-bond acceptors (Lipinski definition) is 4. The minimum Gasteiger partial charge on any atom is -0.505 e. The highest BCUT2D eigenvalue weighted by atomic mass is 35.5. The molecule has 1 atom stereocenters. The highest BCUT2D eigenvalue weighted by molar-refractivity contribution is 6.42. The van der Waals surface area contributed by atoms with Crippen molar-refractivity contribution in [2.75, 3.05) is 5.32 Å². The van der Waals surface area contributed by atoms with Crippen molar-refractivity contribution in [3.05, 3.63) is 93.2 Å². The summed E-state index contributed by atoms with van der Waals surface area (Å²) in [7, 11) is 0. The van der Waals surface area contributed by atoms with Crippen LogP contribution in [0.1, 0.15) is 28.4 Å². The maximum Gasteiger partial charge on any atom is 0.147 e. The Balaban J connectivity index is 1.91. The van der Waals surface area contributed by atoms with E-state index in [1.807, 2.05) is 62.4 Å². The van der Waals surface area contributed by atoms with Gasteiger partial charge in [-0.15, -0.1) is 0 Å². The van der Waals surface area contributed by atoms with Crippen LogP contribution in [0.15, 0.2) is 60.8 Å². The summed E-state index contributed by atoms with van der Waals surface area (Å²) in [5.41, 5.74) is 3.89. The summed E-state index contributed by atoms with van der Waals surface area (Å²) in [6.45, 7) is 3.95. The highest BCUT2D eigenvalue weighted by Gasteiger charge is 2.23. The maximum atomic E-state index is 11.0. The third-order valence-corrected chi connectivity index (χ3v) is 5.61. The van der Waals surface area contributed by atoms with Crippen molar-refractivity contribution in [1.29, 1.82) is 0 Å². The normalized spacial score (nSPS) is 12.1. The molecule has 0 fully saturated rings. The van der Waals surface area contributed by atoms with Crippen molar-refractivity contribution < 1.29 is 5.11 Å². The zero-order valence-electron chi connectivity index (χ0n) is 15.9. The van der Waals surface area contributed by atoms with Gasteiger partial charge in [-0.1, -0.05) is 53.5 Å². The molecule has 2 aromatic heterocycles. The quantitative estimate of drug-likeness (QED) is 0.395. The lowest BCUT2D eigenvalue weighted by molar-refractivity contribution is 0.471. The second kappa shape index (κ2) is 7.90. The SMILES string of the molecule is Cc1cc(C)nc(NC(c2cccc(Cl)c2Cl)c2ccc3cccnc3c2O)c1. The summed E-state index contributed by atoms with van der Waals surface area (Å²) in [6.07, 6.45) is 1.66. The fraction of sp³-hybridized carbons (Fsp3) is 0.130. The number of benzene rings is 2. The smallest absolute Gasteiger partial charge is 0.147 e. The van der Waals surface area contributed by atoms with E-state index in [9.17, 15) is 5.11 Å². The molecule has 4 aromatic rings. The molecule has 0 spiro atoms. The zero-order chi connectivity index (χ0) is 20.5. The van der Waals surface area contributed by atoms with E-state index in [-0.39, 0.29) is 5.75 Å². The number of phenols is 1. The molecule has 4 rings (SSSR count). The molecule has 0 saturated heterocycles. The third-order valence-electron chi connectivity index (χ3n) is 4.77. The van der Waals surface area contributed by atoms with Crippen molar-refractivity contribution in [3.8, 4) is 5.75 Å². The zero-order valence-corrected chi connectivity index (χ0v) is 17.5. The molecule has 146 valence electrons. The lowest BCUT2D eigenvalue weighted by atomic mass is 9.96. The van der Waals surface area contributed by atoms with Crippen molar-refractivity contribution in [3.63, 3.8) is 0 Å². The molecular formula is C23H19Cl2N3O. The van der Waals surface area contributed by atoms with E-state index < -0.39 is 6.04 Å². The molecule has 29 heavy (non-hydrogen) atoms. The van der Waals surface area contributed by atoms with E-state index in [1.54, 1.807) is 12.3 Å². The number of nitrogens with zero attached hydrogens (tertiary/aromatic N) is 2. The number of anilines is 1. The van der Waals surface area contributed by atoms with Gasteiger partial charge in [-0.25, -0.2) is 4.98 Å². The van der Waals surface area contributed by atoms with Crippen molar-refractivity contribution in [1.82, 2.24) is 9.97 Å². The van der Waals surface area contributed by atoms with E-state index in [2.05, 4.69) is 15.3 Å². The van der Waals surface area contributed by atoms with Crippen LogP contribution < -0.4 is 5.32 Å². The first kappa shape index (κ1) is 19.5. The number of hydrogen-bond donors (Lipinski definition) is 2. The van der Waals surface area contributed by atoms with Crippen LogP contribution in [0.4, 0.5) is 5.82 Å². The molecule has 6 heteroatoms. The minimum absolute atomic E-state index is 0.0982. The number of pyridine rings is 2. The van der Waals surface area contributed by atoms with Crippen LogP contribution >= 0.6 is 23.2 Å². The average Bonchev–Trinajstić information content (AvgIpc) is 2.69. The predicted octanol–water partition coefficient (Wildman–Crippen LogP) is 6.46. The Hall–Kier alpha value is -2.82. The van der Waals surface area contributed by atoms with Crippen molar-refractivity contribution in [2.24, 2.45) is 0 Å². The monoisotopic (exact) mass is 423 g/mol. The van der Waals surface area contributed by atoms with Gasteiger partial charge in [0.2, 0.25) is 0 Å². The Labute approximate surface area is 179 Å². The van der Waals surface area contributed by atoms with Crippen LogP contribution in [-0.4, -0.2) is 15.1 Å². The van der Waals surface area contributed by atoms with Gasteiger partial charge in [0.1, 0.15) is 17.1 Å². The summed E-state index contributed by atoms with van der Waals surface area (Å²) in [5.74, 6) is 0.782. The molecular weight excluding hydrogens is 405 g/mol. The Morgan fingerprint density at radius 2 is 1.79 bits per heavy atom. The number of halogens is 2. The summed E-state index contributed by atoms with van der Waals surface area (Å²) < 4.78 is 0. The average molecular weight is 424 g/mol. The first-order chi connectivity index (χ1) is 13.9. The van der Waals surface area contributed by atoms with Crippen molar-refractivity contribution in [2.45, 2.75) is 19.9 Å². The fourth-order valence-electron chi connectivity index (χ4n) is 3.51. The van der Waals surface area contributed by atoms with E-state index in [4.69, 9.17) is 23.2 Å². The number of aromatic hydroxyl groups is 1. The van der Waals surface area contributed by atoms with Gasteiger partial charge in [0.25, 0.3) is 0 Å². The lowest BCUT2D eigenvalue weighted by Gasteiger charge is -2.23. The number of fused-ring (bicyclic) bond motifs is 1. The van der Waals surface area contributed by atoms with Gasteiger partial charge in [-0.3, -0.25) is 4.98 Å². The van der Waals surface area contributed by atoms with Crippen LogP contribution in [0.2, 0.25) is 10.0 Å². The Morgan fingerprint density at radius 1 is 0.966 bits per heavy atom. The Kier molecular flexibility index (Phi) is 5.31. The van der Waals surface area contributed by atoms with Gasteiger partial charge in [-0.2, -0.15) is 0 Å². The molecule has 4 nitrogen and oxygen atoms in total. The second-order valence-corrected chi connectivity index (χ2v) is 7.76. The van der Waals surface area contributed by atoms with Gasteiger partial charge < -0.3 is 10.4 Å². The first-order valence-corrected chi connectivity index (χ1v) is 9.92. The fourth-order valence-corrected chi connectivity index (χ4v) is 3.92. The molecule has 0 aliphatic carbocycles. The molecule has 0 aliphatic heterocycles. The third kappa shape index (κ3) is 3.86. The number of nitrogens with one attached hydrogen (secondary N) is 1. The van der Waals surface area contributed by atoms with Crippen LogP contribution in [0, 0.1) is 13.8 Å². The van der Waals surface area contributed by atoms with Crippen LogP contribution in [0.3, 0.4) is 0 Å². The maximum absolute atomic E-state index is 11.0. The Bertz CT molecular complexity index is 1190. The van der Waals surface area contributed by atoms with Crippen LogP contribution in [-0.2, 0) is 0 Å². The van der Waals surface area contributed by atoms with Crippen LogP contribution in [0.25, 0.3) is 10.9 Å². The standard InChI is InChI=1S/C23H19Cl2N3O/c1-13-11-14(2)27-19(12-13)28-22(16-6-3-7-18(24)20(16)25)17-9-8-15-5-4-10-26-21(15)23(17)29/h3-12,22,29H,1-2H3,(H,27,28). The van der Waals surface area contributed by atoms with Gasteiger partial charge in [0, 0.05) is 22.8 Å². The molecule has 2 N–H and O–H groups in total. The van der Waals surface area contributed by atoms with Gasteiger partial charge in [0.15, 0.2) is 0 Å². The van der Waals surface area contributed by atoms with Gasteiger partial charge in [-0.05, 0) is 49.2 Å². The molecule has 0 bridgehead atoms. The minimum atomic E-state index is -0.471. The lowest BCUT2D eigenvalue weighted by Crippen LogP contribution is -2.15. The molecule has 2 aromatic carbocycles. The largest absolute Gasteiger partial charge is 0.505 e. The van der Waals surface area contributed by atoms with Crippen LogP contribution in [0.5, 0.6) is 5.75 Å². The number of aromatic nitrogens is 2. The molecule has 0 saturated carbocycles. The number of rotatable bonds is 4. The summed E-state index contributed by atoms with van der Waals surface area (Å²) in [4.78, 5) is 8.92. The molecule has 2 heterocycles. The summed E-state index contributed by atoms with van der Waals surface area (Å²) in [5, 5.41) is 16.2. The first-order valence-electron chi connectivity index (χ1n) is 9.16. The number of phenolic OH excluding ortho intramolecular Hbond substituents is 1. The molecule has 0 aliphatic rings. The molecule has 0 amide bonds. The second-order valence-electron chi connectivity index (χ2n) is 6.97. The van der Waals surface area contributed by atoms with Gasteiger partial charge >= 0.3 is 0 Å². The molecule has 1 unspecified atom stereocenters. The van der Waals surface area contributed by atoms with E-state index in [0.29, 0.717) is 26.9 Å². The van der Waals surface area contributed by atoms with E-state index in [1.165, 1.54) is 0 Å². The Morgan fingerprint density at radius 3 is 2.59 bits per heavy atom. The topological polar surface area (TPSA) is 58.0 Å².